The van der Waals surface area contributed by atoms with Crippen molar-refractivity contribution < 1.29 is 13.9 Å². The van der Waals surface area contributed by atoms with Crippen LogP contribution in [-0.4, -0.2) is 16.1 Å². The molecule has 0 aliphatic rings. The highest BCUT2D eigenvalue weighted by Gasteiger charge is 2.25. The van der Waals surface area contributed by atoms with Gasteiger partial charge in [-0.15, -0.1) is 10.2 Å². The molecule has 4 rings (SSSR count). The van der Waals surface area contributed by atoms with E-state index in [4.69, 9.17) is 20.8 Å². The number of anilines is 1. The van der Waals surface area contributed by atoms with Crippen LogP contribution in [0.2, 0.25) is 5.02 Å². The van der Waals surface area contributed by atoms with Crippen molar-refractivity contribution in [2.45, 2.75) is 30.9 Å². The zero-order chi connectivity index (χ0) is 23.2. The van der Waals surface area contributed by atoms with Crippen LogP contribution in [0.4, 0.5) is 5.69 Å². The average Bonchev–Trinajstić information content (AvgIpc) is 3.27. The van der Waals surface area contributed by atoms with Gasteiger partial charge in [0.2, 0.25) is 5.91 Å². The number of thioether (sulfide) groups is 1. The van der Waals surface area contributed by atoms with Gasteiger partial charge in [0.05, 0.1) is 0 Å². The van der Waals surface area contributed by atoms with E-state index in [1.807, 2.05) is 62.4 Å². The van der Waals surface area contributed by atoms with Gasteiger partial charge in [-0.3, -0.25) is 4.79 Å². The summed E-state index contributed by atoms with van der Waals surface area (Å²) in [6.45, 7) is 4.06. The summed E-state index contributed by atoms with van der Waals surface area (Å²) in [5, 5.41) is 11.5. The van der Waals surface area contributed by atoms with E-state index in [0.717, 1.165) is 22.4 Å². The SMILES string of the molecule is Cc1ccc(C)c(NC(=O)C(Sc2nnc(COc3ccc(Cl)cc3)o2)c2ccccc2)c1. The van der Waals surface area contributed by atoms with Crippen molar-refractivity contribution >= 4 is 35.0 Å². The molecular weight excluding hydrogens is 458 g/mol. The second kappa shape index (κ2) is 10.6. The summed E-state index contributed by atoms with van der Waals surface area (Å²) in [6, 6.07) is 22.5. The first-order chi connectivity index (χ1) is 16.0. The maximum atomic E-state index is 13.3. The van der Waals surface area contributed by atoms with Gasteiger partial charge in [-0.25, -0.2) is 0 Å². The van der Waals surface area contributed by atoms with E-state index in [1.54, 1.807) is 24.3 Å². The van der Waals surface area contributed by atoms with Crippen molar-refractivity contribution in [1.29, 1.82) is 0 Å². The highest BCUT2D eigenvalue weighted by molar-refractivity contribution is 8.00. The first-order valence-electron chi connectivity index (χ1n) is 10.3. The van der Waals surface area contributed by atoms with Crippen LogP contribution in [0.5, 0.6) is 5.75 Å². The lowest BCUT2D eigenvalue weighted by atomic mass is 10.1. The molecule has 0 bridgehead atoms. The number of carbonyl (C=O) groups excluding carboxylic acids is 1. The Balaban J connectivity index is 1.48. The molecule has 3 aromatic carbocycles. The normalized spacial score (nSPS) is 11.7. The second-order valence-electron chi connectivity index (χ2n) is 7.42. The molecular formula is C25H22ClN3O3S. The number of aromatic nitrogens is 2. The van der Waals surface area contributed by atoms with Crippen molar-refractivity contribution in [1.82, 2.24) is 10.2 Å². The number of nitrogens with one attached hydrogen (secondary N) is 1. The molecule has 1 unspecified atom stereocenters. The molecule has 1 atom stereocenters. The van der Waals surface area contributed by atoms with E-state index in [0.29, 0.717) is 16.7 Å². The van der Waals surface area contributed by atoms with Gasteiger partial charge in [0, 0.05) is 10.7 Å². The number of hydrogen-bond donors (Lipinski definition) is 1. The minimum atomic E-state index is -0.573. The van der Waals surface area contributed by atoms with Crippen molar-refractivity contribution in [2.24, 2.45) is 0 Å². The van der Waals surface area contributed by atoms with E-state index in [2.05, 4.69) is 15.5 Å². The van der Waals surface area contributed by atoms with Gasteiger partial charge >= 0.3 is 0 Å². The van der Waals surface area contributed by atoms with Gasteiger partial charge in [0.1, 0.15) is 11.0 Å². The molecule has 0 saturated heterocycles. The predicted molar refractivity (Wildman–Crippen MR) is 130 cm³/mol. The summed E-state index contributed by atoms with van der Waals surface area (Å²) in [6.07, 6.45) is 0. The van der Waals surface area contributed by atoms with Gasteiger partial charge in [-0.05, 0) is 72.6 Å². The third-order valence-electron chi connectivity index (χ3n) is 4.83. The molecule has 0 fully saturated rings. The summed E-state index contributed by atoms with van der Waals surface area (Å²) in [5.74, 6) is 0.785. The molecule has 0 radical (unpaired) electrons. The number of halogens is 1. The summed E-state index contributed by atoms with van der Waals surface area (Å²) >= 11 is 7.09. The molecule has 1 N–H and O–H groups in total. The Labute approximate surface area is 201 Å². The standard InChI is InChI=1S/C25H22ClN3O3S/c1-16-8-9-17(2)21(14-16)27-24(30)23(18-6-4-3-5-7-18)33-25-29-28-22(32-25)15-31-20-12-10-19(26)11-13-20/h3-14,23H,15H2,1-2H3,(H,27,30). The maximum absolute atomic E-state index is 13.3. The quantitative estimate of drug-likeness (QED) is 0.295. The van der Waals surface area contributed by atoms with Gasteiger partial charge in [0.25, 0.3) is 11.1 Å². The maximum Gasteiger partial charge on any atom is 0.277 e. The number of hydrogen-bond acceptors (Lipinski definition) is 6. The second-order valence-corrected chi connectivity index (χ2v) is 8.91. The Kier molecular flexibility index (Phi) is 7.32. The Bertz CT molecular complexity index is 1230. The molecule has 0 spiro atoms. The first kappa shape index (κ1) is 22.9. The number of amides is 1. The lowest BCUT2D eigenvalue weighted by Crippen LogP contribution is -2.19. The highest BCUT2D eigenvalue weighted by Crippen LogP contribution is 2.36. The van der Waals surface area contributed by atoms with E-state index < -0.39 is 5.25 Å². The average molecular weight is 480 g/mol. The van der Waals surface area contributed by atoms with E-state index >= 15 is 0 Å². The molecule has 168 valence electrons. The number of aryl methyl sites for hydroxylation is 2. The number of benzene rings is 3. The minimum Gasteiger partial charge on any atom is -0.484 e. The third-order valence-corrected chi connectivity index (χ3v) is 6.17. The Morgan fingerprint density at radius 1 is 1.06 bits per heavy atom. The predicted octanol–water partition coefficient (Wildman–Crippen LogP) is 6.39. The largest absolute Gasteiger partial charge is 0.484 e. The Morgan fingerprint density at radius 3 is 2.58 bits per heavy atom. The van der Waals surface area contributed by atoms with Gasteiger partial charge in [-0.1, -0.05) is 54.1 Å². The van der Waals surface area contributed by atoms with Gasteiger partial charge < -0.3 is 14.5 Å². The fourth-order valence-electron chi connectivity index (χ4n) is 3.09. The Morgan fingerprint density at radius 2 is 1.82 bits per heavy atom. The number of carbonyl (C=O) groups is 1. The van der Waals surface area contributed by atoms with Crippen LogP contribution in [-0.2, 0) is 11.4 Å². The fourth-order valence-corrected chi connectivity index (χ4v) is 4.11. The third kappa shape index (κ3) is 6.15. The van der Waals surface area contributed by atoms with Crippen LogP contribution < -0.4 is 10.1 Å². The van der Waals surface area contributed by atoms with Crippen LogP contribution in [0.15, 0.2) is 82.4 Å². The first-order valence-corrected chi connectivity index (χ1v) is 11.5. The fraction of sp³-hybridized carbons (Fsp3) is 0.160. The molecule has 33 heavy (non-hydrogen) atoms. The summed E-state index contributed by atoms with van der Waals surface area (Å²) in [5.41, 5.74) is 3.68. The molecule has 1 aromatic heterocycles. The smallest absolute Gasteiger partial charge is 0.277 e. The topological polar surface area (TPSA) is 77.2 Å². The molecule has 0 aliphatic carbocycles. The van der Waals surface area contributed by atoms with Gasteiger partial charge in [0.15, 0.2) is 6.61 Å². The lowest BCUT2D eigenvalue weighted by molar-refractivity contribution is -0.115. The molecule has 8 heteroatoms. The molecule has 6 nitrogen and oxygen atoms in total. The number of rotatable bonds is 8. The van der Waals surface area contributed by atoms with Crippen molar-refractivity contribution in [3.05, 3.63) is 100 Å². The monoisotopic (exact) mass is 479 g/mol. The van der Waals surface area contributed by atoms with Crippen molar-refractivity contribution in [3.8, 4) is 5.75 Å². The molecule has 0 saturated carbocycles. The van der Waals surface area contributed by atoms with Crippen LogP contribution in [0.1, 0.15) is 27.8 Å². The molecule has 0 aliphatic heterocycles. The molecule has 1 amide bonds. The number of nitrogens with zero attached hydrogens (tertiary/aromatic N) is 2. The molecule has 1 heterocycles. The van der Waals surface area contributed by atoms with Crippen LogP contribution >= 0.6 is 23.4 Å². The van der Waals surface area contributed by atoms with Crippen LogP contribution in [0.25, 0.3) is 0 Å². The zero-order valence-corrected chi connectivity index (χ0v) is 19.7. The van der Waals surface area contributed by atoms with E-state index in [9.17, 15) is 4.79 Å². The van der Waals surface area contributed by atoms with Crippen LogP contribution in [0, 0.1) is 13.8 Å². The summed E-state index contributed by atoms with van der Waals surface area (Å²) < 4.78 is 11.4. The number of ether oxygens (including phenoxy) is 1. The summed E-state index contributed by atoms with van der Waals surface area (Å²) in [4.78, 5) is 13.3. The van der Waals surface area contributed by atoms with Crippen molar-refractivity contribution in [3.63, 3.8) is 0 Å². The van der Waals surface area contributed by atoms with E-state index in [-0.39, 0.29) is 17.7 Å². The minimum absolute atomic E-state index is 0.111. The van der Waals surface area contributed by atoms with Crippen LogP contribution in [0.3, 0.4) is 0 Å². The zero-order valence-electron chi connectivity index (χ0n) is 18.1. The highest BCUT2D eigenvalue weighted by atomic mass is 35.5. The molecule has 4 aromatic rings. The van der Waals surface area contributed by atoms with Gasteiger partial charge in [-0.2, -0.15) is 0 Å². The Hall–Kier alpha value is -3.29. The van der Waals surface area contributed by atoms with Crippen molar-refractivity contribution in [2.75, 3.05) is 5.32 Å². The van der Waals surface area contributed by atoms with E-state index in [1.165, 1.54) is 11.8 Å². The summed E-state index contributed by atoms with van der Waals surface area (Å²) in [7, 11) is 0. The lowest BCUT2D eigenvalue weighted by Gasteiger charge is -2.16.